The Morgan fingerprint density at radius 3 is 2.40 bits per heavy atom. The zero-order valence-electron chi connectivity index (χ0n) is 13.1. The van der Waals surface area contributed by atoms with E-state index in [1.165, 1.54) is 39.0 Å². The summed E-state index contributed by atoms with van der Waals surface area (Å²) in [6.45, 7) is 5.19. The van der Waals surface area contributed by atoms with Crippen LogP contribution in [0, 0.1) is 0 Å². The Balaban J connectivity index is 2.17. The summed E-state index contributed by atoms with van der Waals surface area (Å²) in [6, 6.07) is 0.487. The summed E-state index contributed by atoms with van der Waals surface area (Å²) in [5.41, 5.74) is 0. The highest BCUT2D eigenvalue weighted by atomic mass is 16.2. The van der Waals surface area contributed by atoms with Crippen molar-refractivity contribution in [3.63, 3.8) is 0 Å². The fourth-order valence-corrected chi connectivity index (χ4v) is 3.02. The van der Waals surface area contributed by atoms with Crippen molar-refractivity contribution in [1.29, 1.82) is 0 Å². The van der Waals surface area contributed by atoms with E-state index in [4.69, 9.17) is 0 Å². The van der Waals surface area contributed by atoms with Crippen molar-refractivity contribution in [3.05, 3.63) is 0 Å². The number of unbranched alkanes of at least 4 members (excludes halogenated alkanes) is 2. The van der Waals surface area contributed by atoms with E-state index in [1.54, 1.807) is 0 Å². The number of hydrogen-bond donors (Lipinski definition) is 1. The molecule has 0 saturated heterocycles. The van der Waals surface area contributed by atoms with Crippen LogP contribution in [0.2, 0.25) is 0 Å². The lowest BCUT2D eigenvalue weighted by molar-refractivity contribution is -0.134. The molecule has 0 aliphatic heterocycles. The van der Waals surface area contributed by atoms with Gasteiger partial charge in [-0.05, 0) is 32.6 Å². The maximum absolute atomic E-state index is 12.3. The summed E-state index contributed by atoms with van der Waals surface area (Å²) in [5, 5.41) is 2.79. The Hall–Kier alpha value is -1.06. The minimum atomic E-state index is 0.0236. The second-order valence-electron chi connectivity index (χ2n) is 5.77. The third-order valence-electron chi connectivity index (χ3n) is 4.12. The number of hydrogen-bond acceptors (Lipinski definition) is 2. The van der Waals surface area contributed by atoms with Crippen LogP contribution in [0.15, 0.2) is 0 Å². The van der Waals surface area contributed by atoms with Gasteiger partial charge in [0.15, 0.2) is 0 Å². The van der Waals surface area contributed by atoms with Crippen LogP contribution in [0.4, 0.5) is 0 Å². The zero-order valence-corrected chi connectivity index (χ0v) is 13.1. The molecule has 4 heteroatoms. The molecule has 0 atom stereocenters. The lowest BCUT2D eigenvalue weighted by Crippen LogP contribution is -2.41. The van der Waals surface area contributed by atoms with Crippen molar-refractivity contribution in [2.24, 2.45) is 0 Å². The van der Waals surface area contributed by atoms with Gasteiger partial charge in [0.05, 0.1) is 0 Å². The smallest absolute Gasteiger partial charge is 0.222 e. The van der Waals surface area contributed by atoms with Crippen LogP contribution in [-0.4, -0.2) is 35.8 Å². The van der Waals surface area contributed by atoms with Crippen molar-refractivity contribution in [1.82, 2.24) is 10.2 Å². The van der Waals surface area contributed by atoms with Gasteiger partial charge in [0, 0.05) is 32.5 Å². The molecule has 0 radical (unpaired) electrons. The minimum absolute atomic E-state index is 0.0236. The van der Waals surface area contributed by atoms with Crippen molar-refractivity contribution in [3.8, 4) is 0 Å². The van der Waals surface area contributed by atoms with Crippen molar-refractivity contribution >= 4 is 11.8 Å². The zero-order chi connectivity index (χ0) is 14.8. The molecule has 0 unspecified atom stereocenters. The highest BCUT2D eigenvalue weighted by Crippen LogP contribution is 2.23. The van der Waals surface area contributed by atoms with E-state index in [-0.39, 0.29) is 5.91 Å². The van der Waals surface area contributed by atoms with E-state index in [0.717, 1.165) is 32.4 Å². The molecule has 0 aromatic carbocycles. The number of carbonyl (C=O) groups excluding carboxylic acids is 2. The first kappa shape index (κ1) is 17.0. The Morgan fingerprint density at radius 2 is 1.80 bits per heavy atom. The summed E-state index contributed by atoms with van der Waals surface area (Å²) in [4.78, 5) is 25.1. The topological polar surface area (TPSA) is 49.4 Å². The highest BCUT2D eigenvalue weighted by molar-refractivity contribution is 5.76. The number of amides is 2. The maximum atomic E-state index is 12.3. The van der Waals surface area contributed by atoms with E-state index in [9.17, 15) is 9.59 Å². The lowest BCUT2D eigenvalue weighted by Gasteiger charge is -2.33. The van der Waals surface area contributed by atoms with Gasteiger partial charge in [0.25, 0.3) is 0 Å². The molecular formula is C16H30N2O2. The monoisotopic (exact) mass is 282 g/mol. The number of carbonyl (C=O) groups is 2. The van der Waals surface area contributed by atoms with Gasteiger partial charge < -0.3 is 10.2 Å². The quantitative estimate of drug-likeness (QED) is 0.696. The average Bonchev–Trinajstić information content (AvgIpc) is 2.44. The van der Waals surface area contributed by atoms with Gasteiger partial charge in [-0.1, -0.05) is 25.7 Å². The van der Waals surface area contributed by atoms with Crippen LogP contribution in [0.1, 0.15) is 71.6 Å². The van der Waals surface area contributed by atoms with Gasteiger partial charge in [-0.2, -0.15) is 0 Å². The molecule has 1 rings (SSSR count). The van der Waals surface area contributed by atoms with Crippen molar-refractivity contribution in [2.75, 3.05) is 13.1 Å². The second kappa shape index (κ2) is 9.78. The molecule has 4 nitrogen and oxygen atoms in total. The molecule has 0 spiro atoms. The summed E-state index contributed by atoms with van der Waals surface area (Å²) in [7, 11) is 0. The van der Waals surface area contributed by atoms with Crippen LogP contribution in [0.3, 0.4) is 0 Å². The molecule has 0 aromatic heterocycles. The Bertz CT molecular complexity index is 299. The molecule has 0 bridgehead atoms. The first-order valence-corrected chi connectivity index (χ1v) is 8.19. The molecule has 0 aromatic rings. The summed E-state index contributed by atoms with van der Waals surface area (Å²) in [5.74, 6) is 0.342. The SMILES string of the molecule is CCN(C(=O)CCCCCNC(C)=O)C1CCCCC1. The Morgan fingerprint density at radius 1 is 1.10 bits per heavy atom. The van der Waals surface area contributed by atoms with Crippen LogP contribution in [0.5, 0.6) is 0 Å². The maximum Gasteiger partial charge on any atom is 0.222 e. The summed E-state index contributed by atoms with van der Waals surface area (Å²) < 4.78 is 0. The number of nitrogens with one attached hydrogen (secondary N) is 1. The van der Waals surface area contributed by atoms with Crippen LogP contribution < -0.4 is 5.32 Å². The third kappa shape index (κ3) is 6.40. The molecule has 1 aliphatic carbocycles. The Labute approximate surface area is 123 Å². The minimum Gasteiger partial charge on any atom is -0.356 e. The molecule has 1 aliphatic rings. The van der Waals surface area contributed by atoms with E-state index >= 15 is 0 Å². The molecule has 1 saturated carbocycles. The number of nitrogens with zero attached hydrogens (tertiary/aromatic N) is 1. The predicted octanol–water partition coefficient (Wildman–Crippen LogP) is 2.86. The van der Waals surface area contributed by atoms with Crippen molar-refractivity contribution in [2.45, 2.75) is 77.7 Å². The molecule has 116 valence electrons. The average molecular weight is 282 g/mol. The molecule has 2 amide bonds. The molecular weight excluding hydrogens is 252 g/mol. The van der Waals surface area contributed by atoms with Crippen LogP contribution in [0.25, 0.3) is 0 Å². The van der Waals surface area contributed by atoms with Crippen molar-refractivity contribution < 1.29 is 9.59 Å². The molecule has 0 heterocycles. The van der Waals surface area contributed by atoms with Gasteiger partial charge in [-0.3, -0.25) is 9.59 Å². The van der Waals surface area contributed by atoms with Gasteiger partial charge in [0.1, 0.15) is 0 Å². The third-order valence-corrected chi connectivity index (χ3v) is 4.12. The van der Waals surface area contributed by atoms with E-state index < -0.39 is 0 Å². The van der Waals surface area contributed by atoms with E-state index in [2.05, 4.69) is 17.1 Å². The van der Waals surface area contributed by atoms with Gasteiger partial charge in [0.2, 0.25) is 11.8 Å². The van der Waals surface area contributed by atoms with Gasteiger partial charge in [-0.25, -0.2) is 0 Å². The Kier molecular flexibility index (Phi) is 8.31. The fraction of sp³-hybridized carbons (Fsp3) is 0.875. The van der Waals surface area contributed by atoms with Crippen LogP contribution in [-0.2, 0) is 9.59 Å². The summed E-state index contributed by atoms with van der Waals surface area (Å²) >= 11 is 0. The summed E-state index contributed by atoms with van der Waals surface area (Å²) in [6.07, 6.45) is 9.79. The standard InChI is InChI=1S/C16H30N2O2/c1-3-18(15-10-6-4-7-11-15)16(20)12-8-5-9-13-17-14(2)19/h15H,3-13H2,1-2H3,(H,17,19). The molecule has 1 fully saturated rings. The predicted molar refractivity (Wildman–Crippen MR) is 81.4 cm³/mol. The first-order valence-electron chi connectivity index (χ1n) is 8.19. The van der Waals surface area contributed by atoms with Gasteiger partial charge >= 0.3 is 0 Å². The van der Waals surface area contributed by atoms with Gasteiger partial charge in [-0.15, -0.1) is 0 Å². The normalized spacial score (nSPS) is 15.9. The number of rotatable bonds is 8. The van der Waals surface area contributed by atoms with E-state index in [1.807, 2.05) is 0 Å². The fourth-order valence-electron chi connectivity index (χ4n) is 3.02. The van der Waals surface area contributed by atoms with Crippen LogP contribution >= 0.6 is 0 Å². The second-order valence-corrected chi connectivity index (χ2v) is 5.77. The molecule has 1 N–H and O–H groups in total. The largest absolute Gasteiger partial charge is 0.356 e. The highest BCUT2D eigenvalue weighted by Gasteiger charge is 2.23. The lowest BCUT2D eigenvalue weighted by atomic mass is 9.94. The first-order chi connectivity index (χ1) is 9.65. The van der Waals surface area contributed by atoms with E-state index in [0.29, 0.717) is 18.4 Å². The molecule has 20 heavy (non-hydrogen) atoms.